The van der Waals surface area contributed by atoms with E-state index in [0.29, 0.717) is 5.41 Å². The first-order valence-corrected chi connectivity index (χ1v) is 15.3. The van der Waals surface area contributed by atoms with Crippen LogP contribution in [0.2, 0.25) is 0 Å². The van der Waals surface area contributed by atoms with E-state index in [1.165, 1.54) is 73.2 Å². The van der Waals surface area contributed by atoms with Crippen LogP contribution in [-0.2, 0) is 6.54 Å². The highest BCUT2D eigenvalue weighted by Crippen LogP contribution is 2.43. The lowest BCUT2D eigenvalue weighted by molar-refractivity contribution is 0.222. The smallest absolute Gasteiger partial charge is 0.0597 e. The van der Waals surface area contributed by atoms with Gasteiger partial charge in [0.05, 0.1) is 12.2 Å². The molecule has 1 spiro atoms. The molecule has 2 N–H and O–H groups in total. The minimum Gasteiger partial charge on any atom is -0.385 e. The number of piperidine rings is 1. The van der Waals surface area contributed by atoms with Crippen molar-refractivity contribution < 1.29 is 0 Å². The molecule has 3 nitrogen and oxygen atoms in total. The first-order valence-electron chi connectivity index (χ1n) is 15.3. The topological polar surface area (TPSA) is 37.0 Å². The van der Waals surface area contributed by atoms with Crippen molar-refractivity contribution in [2.24, 2.45) is 5.41 Å². The normalized spacial score (nSPS) is 20.4. The van der Waals surface area contributed by atoms with Gasteiger partial charge < -0.3 is 10.6 Å². The molecule has 1 aromatic carbocycles. The number of rotatable bonds is 11. The summed E-state index contributed by atoms with van der Waals surface area (Å²) >= 11 is 0. The number of unbranched alkanes of at least 4 members (excludes halogenated alkanes) is 1. The molecule has 0 radical (unpaired) electrons. The third-order valence-corrected chi connectivity index (χ3v) is 8.50. The average molecular weight is 544 g/mol. The van der Waals surface area contributed by atoms with Crippen molar-refractivity contribution in [1.82, 2.24) is 15.6 Å². The van der Waals surface area contributed by atoms with Crippen LogP contribution in [0, 0.1) is 12.3 Å². The van der Waals surface area contributed by atoms with Crippen molar-refractivity contribution in [3.63, 3.8) is 0 Å². The van der Waals surface area contributed by atoms with Crippen LogP contribution in [0.5, 0.6) is 0 Å². The number of nitrogens with one attached hydrogen (secondary N) is 2. The van der Waals surface area contributed by atoms with Crippen LogP contribution in [0.25, 0.3) is 17.7 Å². The Morgan fingerprint density at radius 3 is 2.90 bits per heavy atom. The lowest BCUT2D eigenvalue weighted by Gasteiger charge is -2.34. The summed E-state index contributed by atoms with van der Waals surface area (Å²) in [5.74, 6) is 0. The highest BCUT2D eigenvalue weighted by atomic mass is 14.9. The van der Waals surface area contributed by atoms with E-state index in [-0.39, 0.29) is 0 Å². The molecule has 0 saturated carbocycles. The van der Waals surface area contributed by atoms with Gasteiger partial charge in [0.25, 0.3) is 0 Å². The Morgan fingerprint density at radius 2 is 2.05 bits per heavy atom. The molecular formula is C38H45N3. The van der Waals surface area contributed by atoms with E-state index < -0.39 is 0 Å². The predicted octanol–water partition coefficient (Wildman–Crippen LogP) is 6.97. The van der Waals surface area contributed by atoms with Crippen molar-refractivity contribution in [2.45, 2.75) is 64.8 Å². The molecule has 1 unspecified atom stereocenters. The van der Waals surface area contributed by atoms with Crippen molar-refractivity contribution in [1.29, 1.82) is 0 Å². The Kier molecular flexibility index (Phi) is 9.69. The van der Waals surface area contributed by atoms with Crippen molar-refractivity contribution in [3.05, 3.63) is 130 Å². The van der Waals surface area contributed by atoms with Gasteiger partial charge >= 0.3 is 0 Å². The second-order valence-electron chi connectivity index (χ2n) is 12.0. The van der Waals surface area contributed by atoms with Crippen LogP contribution >= 0.6 is 0 Å². The molecular weight excluding hydrogens is 498 g/mol. The molecule has 1 aliphatic heterocycles. The first-order chi connectivity index (χ1) is 20.0. The van der Waals surface area contributed by atoms with Gasteiger partial charge in [-0.25, -0.2) is 0 Å². The SMILES string of the molecule is C=C1C=C(/C=C/CCCC2=CCC3(CCCNC3)C2)C=c2cc(C(=C)C/C=C/NCc3cccc(C)n3)ccc2=C1. The molecule has 2 aliphatic carbocycles. The minimum atomic E-state index is 0.532. The van der Waals surface area contributed by atoms with Crippen molar-refractivity contribution in [3.8, 4) is 0 Å². The van der Waals surface area contributed by atoms with Gasteiger partial charge in [0.15, 0.2) is 0 Å². The largest absolute Gasteiger partial charge is 0.385 e. The van der Waals surface area contributed by atoms with Gasteiger partial charge in [0, 0.05) is 12.2 Å². The molecule has 3 heteroatoms. The lowest BCUT2D eigenvalue weighted by Crippen LogP contribution is -2.38. The molecule has 1 saturated heterocycles. The van der Waals surface area contributed by atoms with Gasteiger partial charge in [0.2, 0.25) is 0 Å². The quantitative estimate of drug-likeness (QED) is 0.237. The lowest BCUT2D eigenvalue weighted by atomic mass is 9.77. The van der Waals surface area contributed by atoms with E-state index >= 15 is 0 Å². The van der Waals surface area contributed by atoms with Gasteiger partial charge in [0.1, 0.15) is 0 Å². The standard InChI is InChI=1S/C38H45N3/c1-29-22-33(13-6-4-5-12-32-17-19-38(26-32)18-9-21-40-28-38)24-36-25-34(15-16-35(36)23-29)30(2)10-8-20-39-27-37-14-7-11-31(3)41-37/h6-8,11,13-17,20,22-25,39-40H,1-2,4-5,9-10,12,18-19,21,26-28H2,3H3/b13-6+,20-8+. The Hall–Kier alpha value is -3.69. The molecule has 41 heavy (non-hydrogen) atoms. The van der Waals surface area contributed by atoms with Crippen molar-refractivity contribution in [2.75, 3.05) is 13.1 Å². The Balaban J connectivity index is 1.13. The van der Waals surface area contributed by atoms with Gasteiger partial charge in [-0.05, 0) is 146 Å². The summed E-state index contributed by atoms with van der Waals surface area (Å²) in [6.07, 6.45) is 27.6. The summed E-state index contributed by atoms with van der Waals surface area (Å²) in [6, 6.07) is 12.7. The molecule has 1 atom stereocenters. The van der Waals surface area contributed by atoms with Crippen molar-refractivity contribution >= 4 is 17.7 Å². The van der Waals surface area contributed by atoms with Crippen LogP contribution in [0.1, 0.15) is 68.3 Å². The van der Waals surface area contributed by atoms with Crippen LogP contribution in [0.4, 0.5) is 0 Å². The highest BCUT2D eigenvalue weighted by molar-refractivity contribution is 5.69. The predicted molar refractivity (Wildman–Crippen MR) is 175 cm³/mol. The molecule has 2 aromatic rings. The fourth-order valence-corrected chi connectivity index (χ4v) is 6.29. The number of aromatic nitrogens is 1. The maximum atomic E-state index is 4.53. The summed E-state index contributed by atoms with van der Waals surface area (Å²) in [4.78, 5) is 4.53. The highest BCUT2D eigenvalue weighted by Gasteiger charge is 2.35. The second-order valence-corrected chi connectivity index (χ2v) is 12.0. The average Bonchev–Trinajstić information content (AvgIpc) is 3.26. The Labute approximate surface area is 246 Å². The molecule has 1 fully saturated rings. The Morgan fingerprint density at radius 1 is 1.12 bits per heavy atom. The summed E-state index contributed by atoms with van der Waals surface area (Å²) < 4.78 is 0. The third-order valence-electron chi connectivity index (χ3n) is 8.50. The summed E-state index contributed by atoms with van der Waals surface area (Å²) in [7, 11) is 0. The fraction of sp³-hybridized carbons (Fsp3) is 0.342. The summed E-state index contributed by atoms with van der Waals surface area (Å²) in [5, 5.41) is 9.37. The molecule has 2 heterocycles. The summed E-state index contributed by atoms with van der Waals surface area (Å²) in [6.45, 7) is 13.8. The molecule has 1 aromatic heterocycles. The number of hydrogen-bond donors (Lipinski definition) is 2. The minimum absolute atomic E-state index is 0.532. The number of fused-ring (bicyclic) bond motifs is 1. The van der Waals surface area contributed by atoms with E-state index in [0.717, 1.165) is 41.9 Å². The molecule has 0 bridgehead atoms. The van der Waals surface area contributed by atoms with E-state index in [2.05, 4.69) is 89.5 Å². The molecule has 212 valence electrons. The molecule has 0 amide bonds. The van der Waals surface area contributed by atoms with Crippen LogP contribution in [0.15, 0.2) is 103 Å². The first kappa shape index (κ1) is 28.8. The second kappa shape index (κ2) is 13.8. The van der Waals surface area contributed by atoms with E-state index in [9.17, 15) is 0 Å². The molecule has 5 rings (SSSR count). The fourth-order valence-electron chi connectivity index (χ4n) is 6.29. The maximum absolute atomic E-state index is 4.53. The van der Waals surface area contributed by atoms with Crippen LogP contribution in [0.3, 0.4) is 0 Å². The van der Waals surface area contributed by atoms with E-state index in [1.54, 1.807) is 5.57 Å². The monoisotopic (exact) mass is 543 g/mol. The van der Waals surface area contributed by atoms with Crippen LogP contribution in [-0.4, -0.2) is 18.1 Å². The van der Waals surface area contributed by atoms with Crippen LogP contribution < -0.4 is 21.1 Å². The van der Waals surface area contributed by atoms with Gasteiger partial charge in [-0.15, -0.1) is 0 Å². The van der Waals surface area contributed by atoms with E-state index in [4.69, 9.17) is 0 Å². The number of nitrogens with zero attached hydrogens (tertiary/aromatic N) is 1. The van der Waals surface area contributed by atoms with Gasteiger partial charge in [-0.1, -0.05) is 61.2 Å². The number of allylic oxidation sites excluding steroid dienone is 9. The molecule has 3 aliphatic rings. The maximum Gasteiger partial charge on any atom is 0.0597 e. The zero-order chi connectivity index (χ0) is 28.5. The van der Waals surface area contributed by atoms with Gasteiger partial charge in [-0.2, -0.15) is 0 Å². The van der Waals surface area contributed by atoms with E-state index in [1.807, 2.05) is 31.3 Å². The third kappa shape index (κ3) is 8.17. The number of pyridine rings is 1. The zero-order valence-corrected chi connectivity index (χ0v) is 24.7. The number of aryl methyl sites for hydroxylation is 1. The Bertz CT molecular complexity index is 1510. The number of hydrogen-bond acceptors (Lipinski definition) is 3. The van der Waals surface area contributed by atoms with Gasteiger partial charge in [-0.3, -0.25) is 4.98 Å². The number of benzene rings is 1. The zero-order valence-electron chi connectivity index (χ0n) is 24.7. The summed E-state index contributed by atoms with van der Waals surface area (Å²) in [5.41, 5.74) is 8.81.